The molecule has 0 spiro atoms. The number of unbranched alkanes of at least 4 members (excludes halogenated alkanes) is 3. The lowest BCUT2D eigenvalue weighted by Crippen LogP contribution is -2.49. The predicted octanol–water partition coefficient (Wildman–Crippen LogP) is 13.2. The molecule has 0 saturated carbocycles. The Hall–Kier alpha value is -7.37. The number of urea groups is 2. The number of fused-ring (bicyclic) bond motifs is 3. The van der Waals surface area contributed by atoms with Gasteiger partial charge in [0.15, 0.2) is 34.5 Å². The molecule has 2 fully saturated rings. The van der Waals surface area contributed by atoms with Gasteiger partial charge in [0.25, 0.3) is 0 Å². The molecule has 3 aromatic heterocycles. The minimum Gasteiger partial charge on any atom is -0.481 e. The second-order valence-electron chi connectivity index (χ2n) is 24.1. The molecule has 6 aromatic rings. The number of carbonyl (C=O) groups excluding carboxylic acids is 5. The second-order valence-corrected chi connectivity index (χ2v) is 27.2. The highest BCUT2D eigenvalue weighted by Crippen LogP contribution is 2.38. The molecule has 3 aromatic carbocycles. The summed E-state index contributed by atoms with van der Waals surface area (Å²) in [4.78, 5) is 88.7. The molecule has 26 heteroatoms. The quantitative estimate of drug-likeness (QED) is 0.0125. The molecule has 5 aliphatic heterocycles. The number of ether oxygens (including phenoxy) is 6. The van der Waals surface area contributed by atoms with Gasteiger partial charge in [-0.3, -0.25) is 19.2 Å². The third kappa shape index (κ3) is 21.8. The monoisotopic (exact) mass is 1520 g/mol. The Labute approximate surface area is 603 Å². The van der Waals surface area contributed by atoms with Gasteiger partial charge in [-0.2, -0.15) is 0 Å². The number of aliphatic carboxylic acids is 1. The second kappa shape index (κ2) is 40.0. The van der Waals surface area contributed by atoms with Gasteiger partial charge in [0.1, 0.15) is 12.1 Å². The molecule has 22 nitrogen and oxygen atoms in total. The highest BCUT2D eigenvalue weighted by molar-refractivity contribution is 14.1. The summed E-state index contributed by atoms with van der Waals surface area (Å²) in [5.74, 6) is 2.63. The first-order chi connectivity index (χ1) is 48.2. The Morgan fingerprint density at radius 2 is 0.929 bits per heavy atom. The highest BCUT2D eigenvalue weighted by atomic mass is 127. The van der Waals surface area contributed by atoms with Crippen LogP contribution in [0.25, 0.3) is 0 Å². The maximum Gasteiger partial charge on any atom is 0.321 e. The summed E-state index contributed by atoms with van der Waals surface area (Å²) in [6, 6.07) is 26.5. The van der Waals surface area contributed by atoms with Gasteiger partial charge in [-0.25, -0.2) is 9.59 Å². The minimum absolute atomic E-state index is 0.0464. The van der Waals surface area contributed by atoms with Gasteiger partial charge in [0.2, 0.25) is 38.1 Å². The van der Waals surface area contributed by atoms with E-state index in [1.165, 1.54) is 4.88 Å². The van der Waals surface area contributed by atoms with Crippen molar-refractivity contribution in [2.24, 2.45) is 0 Å². The lowest BCUT2D eigenvalue weighted by molar-refractivity contribution is -0.138. The Kier molecular flexibility index (Phi) is 30.6. The van der Waals surface area contributed by atoms with Crippen LogP contribution in [-0.2, 0) is 38.8 Å². The van der Waals surface area contributed by atoms with Gasteiger partial charge in [-0.15, -0.1) is 34.0 Å². The molecule has 0 aliphatic carbocycles. The zero-order valence-corrected chi connectivity index (χ0v) is 61.4. The first-order valence-corrected chi connectivity index (χ1v) is 38.1. The number of amides is 7. The normalized spacial score (nSPS) is 15.9. The molecular formula is C72H96IN9O13S3. The summed E-state index contributed by atoms with van der Waals surface area (Å²) < 4.78 is 38.7. The fraction of sp³-hybridized carbons (Fsp3) is 0.500. The van der Waals surface area contributed by atoms with Crippen molar-refractivity contribution < 1.29 is 63.7 Å². The number of alkyl halides is 1. The molecule has 8 heterocycles. The van der Waals surface area contributed by atoms with E-state index in [0.717, 1.165) is 116 Å². The van der Waals surface area contributed by atoms with Gasteiger partial charge < -0.3 is 79.7 Å². The molecule has 98 heavy (non-hydrogen) atoms. The number of rotatable bonds is 34. The highest BCUT2D eigenvalue weighted by Gasteiger charge is 2.40. The minimum atomic E-state index is -1.03. The lowest BCUT2D eigenvalue weighted by atomic mass is 10.0. The van der Waals surface area contributed by atoms with Crippen molar-refractivity contribution in [3.63, 3.8) is 0 Å². The fourth-order valence-electron chi connectivity index (χ4n) is 12.1. The van der Waals surface area contributed by atoms with E-state index in [1.807, 2.05) is 113 Å². The molecule has 7 amide bonds. The van der Waals surface area contributed by atoms with Crippen molar-refractivity contribution in [2.45, 2.75) is 168 Å². The molecule has 6 atom stereocenters. The van der Waals surface area contributed by atoms with Gasteiger partial charge in [0, 0.05) is 61.8 Å². The van der Waals surface area contributed by atoms with E-state index in [0.29, 0.717) is 79.8 Å². The summed E-state index contributed by atoms with van der Waals surface area (Å²) >= 11 is 6.95. The first kappa shape index (κ1) is 74.8. The number of carbonyl (C=O) groups is 6. The number of thiophene rings is 3. The van der Waals surface area contributed by atoms with Crippen molar-refractivity contribution in [1.82, 2.24) is 46.2 Å². The number of carboxylic acids is 1. The van der Waals surface area contributed by atoms with Gasteiger partial charge >= 0.3 is 18.0 Å². The van der Waals surface area contributed by atoms with Crippen LogP contribution in [0.1, 0.15) is 162 Å². The van der Waals surface area contributed by atoms with Crippen LogP contribution in [0.2, 0.25) is 0 Å². The maximum atomic E-state index is 13.4. The van der Waals surface area contributed by atoms with Gasteiger partial charge in [-0.1, -0.05) is 132 Å². The predicted molar refractivity (Wildman–Crippen MR) is 391 cm³/mol. The topological polar surface area (TPSA) is 251 Å². The standard InChI is InChI=1S/C24H29N3O6S.C24H31N3O4S.C23H33N3O3S.CH3I/c1-2-3-6-19(27-10-9-26(24(27)31)14-17-5-4-11-34-17)23(30)25-18(13-22(28)29)16-7-8-20-21(12-16)33-15-32-20;1-3-5-8-20(27-12-11-26(24(27)29)15-18-7-6-13-32-18)23(28)25-19(4-2)17-9-10-21-22(14-17)31-16-30-21;1-3-5-8-20(25-12-11-24-15-18-7-6-13-30-18)23(27)26-19(4-2)17-9-10-21-22(14-17)29-16-28-21;1-2/h4-5,7-8,11-12,18-19H,2-3,6,9-10,13-15H2,1H3,(H,25,30)(H,28,29);6-7,9-10,13-14,19-20H,3-5,8,11-12,15-16H2,1-2H3,(H,25,28);6-7,9-10,13-14,19-20,24-25H,3-5,8,11-12,15-16H2,1-2H3,(H,26,27);1H3/t18-,19-;2*19-,20-;/m000./s1/i;;;1D. The Morgan fingerprint density at radius 1 is 0.531 bits per heavy atom. The average Bonchev–Trinajstić information content (AvgIpc) is 1.75. The first-order valence-electron chi connectivity index (χ1n) is 34.7. The Morgan fingerprint density at radius 3 is 1.34 bits per heavy atom. The van der Waals surface area contributed by atoms with Crippen LogP contribution in [0.5, 0.6) is 34.5 Å². The van der Waals surface area contributed by atoms with E-state index in [4.69, 9.17) is 29.8 Å². The van der Waals surface area contributed by atoms with E-state index < -0.39 is 24.1 Å². The number of nitrogens with zero attached hydrogens (tertiary/aromatic N) is 4. The summed E-state index contributed by atoms with van der Waals surface area (Å²) in [5, 5.41) is 31.7. The zero-order chi connectivity index (χ0) is 70.5. The molecule has 0 unspecified atom stereocenters. The van der Waals surface area contributed by atoms with Crippen LogP contribution in [0.4, 0.5) is 9.59 Å². The largest absolute Gasteiger partial charge is 0.481 e. The number of hydrogen-bond donors (Lipinski definition) is 6. The van der Waals surface area contributed by atoms with Crippen molar-refractivity contribution >= 4 is 92.4 Å². The summed E-state index contributed by atoms with van der Waals surface area (Å²) in [5.41, 5.74) is 2.63. The van der Waals surface area contributed by atoms with Crippen molar-refractivity contribution in [3.05, 3.63) is 138 Å². The lowest BCUT2D eigenvalue weighted by Gasteiger charge is -2.29. The number of hydrogen-bond acceptors (Lipinski definition) is 17. The summed E-state index contributed by atoms with van der Waals surface area (Å²) in [7, 11) is 0. The van der Waals surface area contributed by atoms with Gasteiger partial charge in [-0.05, 0) is 124 Å². The third-order valence-corrected chi connectivity index (χ3v) is 20.0. The van der Waals surface area contributed by atoms with E-state index in [1.54, 1.807) is 66.9 Å². The molecule has 6 N–H and O–H groups in total. The van der Waals surface area contributed by atoms with Crippen molar-refractivity contribution in [2.75, 3.05) is 64.6 Å². The molecule has 0 radical (unpaired) electrons. The van der Waals surface area contributed by atoms with Crippen LogP contribution < -0.4 is 55.0 Å². The van der Waals surface area contributed by atoms with Crippen molar-refractivity contribution in [3.8, 4) is 34.5 Å². The number of carboxylic acid groups (broad SMARTS) is 1. The smallest absolute Gasteiger partial charge is 0.321 e. The molecular weight excluding hydrogens is 1420 g/mol. The van der Waals surface area contributed by atoms with E-state index in [-0.39, 0.29) is 74.7 Å². The van der Waals surface area contributed by atoms with Crippen LogP contribution in [0, 0.1) is 0 Å². The van der Waals surface area contributed by atoms with Gasteiger partial charge in [0.05, 0.1) is 43.7 Å². The molecule has 2 saturated heterocycles. The van der Waals surface area contributed by atoms with Crippen LogP contribution in [0.15, 0.2) is 107 Å². The molecule has 0 bridgehead atoms. The van der Waals surface area contributed by atoms with Crippen LogP contribution in [-0.4, -0.2) is 143 Å². The van der Waals surface area contributed by atoms with E-state index in [9.17, 15) is 33.9 Å². The number of benzene rings is 3. The average molecular weight is 1520 g/mol. The van der Waals surface area contributed by atoms with E-state index >= 15 is 0 Å². The fourth-order valence-corrected chi connectivity index (χ4v) is 14.2. The number of nitrogens with one attached hydrogen (secondary N) is 5. The molecule has 11 rings (SSSR count). The summed E-state index contributed by atoms with van der Waals surface area (Å²) in [6.07, 6.45) is 8.91. The molecule has 532 valence electrons. The van der Waals surface area contributed by atoms with Crippen LogP contribution in [0.3, 0.4) is 0 Å². The molecule has 5 aliphatic rings. The van der Waals surface area contributed by atoms with Crippen molar-refractivity contribution in [1.29, 1.82) is 0 Å². The SMILES string of the molecule is CCCC[C@@H](C(=O)N[C@@H](CC(=O)O)c1ccc2c(c1)OCO2)N1CCN(Cc2cccs2)C1=O.CCCC[C@@H](C(=O)N[C@@H](CC)c1ccc2c(c1)OCO2)N1CCN(Cc2cccs2)C1=O.CCCC[C@H](NCCNCc1cccs1)C(=O)N[C@@H](CC)c1ccc2c(c1)OCO2.[2H]CI. The maximum absolute atomic E-state index is 13.4. The third-order valence-electron chi connectivity index (χ3n) is 17.4. The Bertz CT molecular complexity index is 3490. The Balaban J connectivity index is 0.000000186. The van der Waals surface area contributed by atoms with Crippen LogP contribution >= 0.6 is 56.6 Å². The van der Waals surface area contributed by atoms with E-state index in [2.05, 4.69) is 64.9 Å². The summed E-state index contributed by atoms with van der Waals surface area (Å²) in [6.45, 7) is 16.8. The zero-order valence-electron chi connectivity index (χ0n) is 57.8. The number of halogens is 1.